The molecule has 8 heteroatoms. The topological polar surface area (TPSA) is 88.6 Å². The third-order valence-corrected chi connectivity index (χ3v) is 5.08. The molecule has 0 spiro atoms. The molecule has 1 aromatic heterocycles. The van der Waals surface area contributed by atoms with Gasteiger partial charge in [0.2, 0.25) is 15.9 Å². The van der Waals surface area contributed by atoms with E-state index in [1.54, 1.807) is 12.1 Å². The van der Waals surface area contributed by atoms with E-state index < -0.39 is 10.0 Å². The minimum Gasteiger partial charge on any atom is -0.475 e. The van der Waals surface area contributed by atoms with Crippen molar-refractivity contribution in [3.8, 4) is 5.88 Å². The summed E-state index contributed by atoms with van der Waals surface area (Å²) >= 11 is 0. The van der Waals surface area contributed by atoms with Crippen LogP contribution in [0.1, 0.15) is 24.2 Å². The molecule has 134 valence electrons. The normalized spacial score (nSPS) is 11.6. The van der Waals surface area contributed by atoms with Gasteiger partial charge in [-0.25, -0.2) is 17.7 Å². The molecule has 0 saturated heterocycles. The Bertz CT molecular complexity index is 829. The molecule has 1 heterocycles. The number of nitrogens with zero attached hydrogens (tertiary/aromatic N) is 2. The van der Waals surface area contributed by atoms with Gasteiger partial charge in [-0.05, 0) is 44.2 Å². The predicted molar refractivity (Wildman–Crippen MR) is 95.3 cm³/mol. The average Bonchev–Trinajstić information content (AvgIpc) is 2.55. The van der Waals surface area contributed by atoms with Gasteiger partial charge in [0.05, 0.1) is 16.6 Å². The number of carbonyl (C=O) groups is 1. The van der Waals surface area contributed by atoms with Crippen LogP contribution >= 0.6 is 0 Å². The number of pyridine rings is 1. The average molecular weight is 363 g/mol. The highest BCUT2D eigenvalue weighted by Crippen LogP contribution is 2.17. The van der Waals surface area contributed by atoms with Gasteiger partial charge in [0.25, 0.3) is 5.91 Å². The molecule has 0 aliphatic rings. The Labute approximate surface area is 147 Å². The lowest BCUT2D eigenvalue weighted by atomic mass is 10.2. The van der Waals surface area contributed by atoms with Crippen LogP contribution in [0.3, 0.4) is 0 Å². The molecule has 2 rings (SSSR count). The van der Waals surface area contributed by atoms with Crippen molar-refractivity contribution in [1.82, 2.24) is 9.29 Å². The Balaban J connectivity index is 2.08. The third kappa shape index (κ3) is 4.77. The highest BCUT2D eigenvalue weighted by atomic mass is 32.2. The molecule has 0 saturated carbocycles. The van der Waals surface area contributed by atoms with Crippen LogP contribution in [0.4, 0.5) is 5.69 Å². The van der Waals surface area contributed by atoms with Crippen molar-refractivity contribution >= 4 is 21.6 Å². The number of amides is 1. The minimum absolute atomic E-state index is 0.00383. The summed E-state index contributed by atoms with van der Waals surface area (Å²) in [6.07, 6.45) is 1.43. The van der Waals surface area contributed by atoms with Gasteiger partial charge in [0.1, 0.15) is 0 Å². The van der Waals surface area contributed by atoms with Gasteiger partial charge in [0, 0.05) is 32.0 Å². The smallest absolute Gasteiger partial charge is 0.257 e. The van der Waals surface area contributed by atoms with Crippen molar-refractivity contribution in [2.75, 3.05) is 19.4 Å². The molecule has 1 amide bonds. The molecule has 1 aromatic carbocycles. The fourth-order valence-electron chi connectivity index (χ4n) is 1.95. The molecular weight excluding hydrogens is 342 g/mol. The predicted octanol–water partition coefficient (Wildman–Crippen LogP) is 2.37. The fraction of sp³-hybridized carbons (Fsp3) is 0.294. The molecule has 0 unspecified atom stereocenters. The summed E-state index contributed by atoms with van der Waals surface area (Å²) in [5.74, 6) is 0.108. The zero-order valence-electron chi connectivity index (χ0n) is 14.6. The molecule has 0 atom stereocenters. The van der Waals surface area contributed by atoms with Gasteiger partial charge < -0.3 is 10.1 Å². The van der Waals surface area contributed by atoms with Crippen molar-refractivity contribution in [3.05, 3.63) is 48.2 Å². The summed E-state index contributed by atoms with van der Waals surface area (Å²) in [7, 11) is -0.566. The van der Waals surface area contributed by atoms with E-state index >= 15 is 0 Å². The van der Waals surface area contributed by atoms with E-state index in [-0.39, 0.29) is 16.9 Å². The summed E-state index contributed by atoms with van der Waals surface area (Å²) < 4.78 is 30.6. The Kier molecular flexibility index (Phi) is 5.76. The third-order valence-electron chi connectivity index (χ3n) is 3.25. The van der Waals surface area contributed by atoms with Gasteiger partial charge in [-0.2, -0.15) is 0 Å². The number of ether oxygens (including phenoxy) is 1. The number of nitrogens with one attached hydrogen (secondary N) is 1. The van der Waals surface area contributed by atoms with E-state index in [1.165, 1.54) is 44.6 Å². The van der Waals surface area contributed by atoms with Crippen LogP contribution in [0, 0.1) is 0 Å². The van der Waals surface area contributed by atoms with Gasteiger partial charge in [-0.15, -0.1) is 0 Å². The number of rotatable bonds is 6. The second-order valence-corrected chi connectivity index (χ2v) is 7.97. The first-order valence-electron chi connectivity index (χ1n) is 7.67. The number of sulfonamides is 1. The monoisotopic (exact) mass is 363 g/mol. The van der Waals surface area contributed by atoms with Gasteiger partial charge in [-0.1, -0.05) is 0 Å². The number of anilines is 1. The van der Waals surface area contributed by atoms with Crippen molar-refractivity contribution in [1.29, 1.82) is 0 Å². The summed E-state index contributed by atoms with van der Waals surface area (Å²) in [5.41, 5.74) is 0.867. The standard InChI is InChI=1S/C17H21N3O4S/c1-12(2)24-16-10-5-13(11-18-16)17(21)19-14-6-8-15(9-7-14)25(22,23)20(3)4/h5-12H,1-4H3,(H,19,21). The highest BCUT2D eigenvalue weighted by Gasteiger charge is 2.17. The molecule has 0 radical (unpaired) electrons. The summed E-state index contributed by atoms with van der Waals surface area (Å²) in [5, 5.41) is 2.70. The molecule has 0 aliphatic heterocycles. The zero-order chi connectivity index (χ0) is 18.6. The van der Waals surface area contributed by atoms with Crippen molar-refractivity contribution in [2.24, 2.45) is 0 Å². The molecule has 0 fully saturated rings. The lowest BCUT2D eigenvalue weighted by Crippen LogP contribution is -2.22. The zero-order valence-corrected chi connectivity index (χ0v) is 15.4. The van der Waals surface area contributed by atoms with Crippen molar-refractivity contribution in [3.63, 3.8) is 0 Å². The van der Waals surface area contributed by atoms with Crippen LogP contribution in [-0.2, 0) is 10.0 Å². The van der Waals surface area contributed by atoms with E-state index in [1.807, 2.05) is 13.8 Å². The second kappa shape index (κ2) is 7.62. The van der Waals surface area contributed by atoms with Crippen molar-refractivity contribution < 1.29 is 17.9 Å². The lowest BCUT2D eigenvalue weighted by Gasteiger charge is -2.12. The molecule has 1 N–H and O–H groups in total. The van der Waals surface area contributed by atoms with Crippen LogP contribution in [0.2, 0.25) is 0 Å². The van der Waals surface area contributed by atoms with E-state index in [0.29, 0.717) is 17.1 Å². The summed E-state index contributed by atoms with van der Waals surface area (Å²) in [4.78, 5) is 16.5. The first-order chi connectivity index (χ1) is 11.7. The summed E-state index contributed by atoms with van der Waals surface area (Å²) in [6.45, 7) is 3.78. The maximum Gasteiger partial charge on any atom is 0.257 e. The number of carbonyl (C=O) groups excluding carboxylic acids is 1. The highest BCUT2D eigenvalue weighted by molar-refractivity contribution is 7.89. The molecule has 0 bridgehead atoms. The van der Waals surface area contributed by atoms with E-state index in [2.05, 4.69) is 10.3 Å². The minimum atomic E-state index is -3.49. The van der Waals surface area contributed by atoms with Gasteiger partial charge in [0.15, 0.2) is 0 Å². The largest absolute Gasteiger partial charge is 0.475 e. The van der Waals surface area contributed by atoms with E-state index in [0.717, 1.165) is 4.31 Å². The molecule has 7 nitrogen and oxygen atoms in total. The van der Waals surface area contributed by atoms with Crippen LogP contribution in [-0.4, -0.2) is 43.8 Å². The second-order valence-electron chi connectivity index (χ2n) is 5.82. The Morgan fingerprint density at radius 3 is 2.24 bits per heavy atom. The molecule has 0 aliphatic carbocycles. The first kappa shape index (κ1) is 18.9. The number of benzene rings is 1. The molecular formula is C17H21N3O4S. The maximum absolute atomic E-state index is 12.2. The lowest BCUT2D eigenvalue weighted by molar-refractivity contribution is 0.102. The quantitative estimate of drug-likeness (QED) is 0.851. The van der Waals surface area contributed by atoms with Crippen LogP contribution < -0.4 is 10.1 Å². The SMILES string of the molecule is CC(C)Oc1ccc(C(=O)Nc2ccc(S(=O)(=O)N(C)C)cc2)cn1. The van der Waals surface area contributed by atoms with Gasteiger partial charge in [-0.3, -0.25) is 4.79 Å². The van der Waals surface area contributed by atoms with E-state index in [4.69, 9.17) is 4.74 Å². The van der Waals surface area contributed by atoms with Crippen molar-refractivity contribution in [2.45, 2.75) is 24.8 Å². The fourth-order valence-corrected chi connectivity index (χ4v) is 2.85. The number of hydrogen-bond donors (Lipinski definition) is 1. The molecule has 25 heavy (non-hydrogen) atoms. The van der Waals surface area contributed by atoms with E-state index in [9.17, 15) is 13.2 Å². The Hall–Kier alpha value is -2.45. The molecule has 2 aromatic rings. The van der Waals surface area contributed by atoms with Crippen LogP contribution in [0.5, 0.6) is 5.88 Å². The Morgan fingerprint density at radius 1 is 1.12 bits per heavy atom. The van der Waals surface area contributed by atoms with Crippen LogP contribution in [0.25, 0.3) is 0 Å². The summed E-state index contributed by atoms with van der Waals surface area (Å²) in [6, 6.07) is 9.22. The van der Waals surface area contributed by atoms with Gasteiger partial charge >= 0.3 is 0 Å². The maximum atomic E-state index is 12.2. The number of aromatic nitrogens is 1. The number of hydrogen-bond acceptors (Lipinski definition) is 5. The first-order valence-corrected chi connectivity index (χ1v) is 9.11. The Morgan fingerprint density at radius 2 is 1.76 bits per heavy atom. The van der Waals surface area contributed by atoms with Crippen LogP contribution in [0.15, 0.2) is 47.5 Å².